The van der Waals surface area contributed by atoms with Crippen molar-refractivity contribution >= 4 is 5.91 Å². The highest BCUT2D eigenvalue weighted by molar-refractivity contribution is 5.92. The summed E-state index contributed by atoms with van der Waals surface area (Å²) in [5.41, 5.74) is 1.55. The molecule has 1 atom stereocenters. The van der Waals surface area contributed by atoms with E-state index in [0.717, 1.165) is 25.2 Å². The number of nitrogens with zero attached hydrogens (tertiary/aromatic N) is 3. The molecule has 20 heavy (non-hydrogen) atoms. The predicted octanol–water partition coefficient (Wildman–Crippen LogP) is 2.74. The number of benzene rings is 1. The van der Waals surface area contributed by atoms with Gasteiger partial charge in [0.1, 0.15) is 12.0 Å². The lowest BCUT2D eigenvalue weighted by Gasteiger charge is -2.30. The molecule has 1 aliphatic rings. The Morgan fingerprint density at radius 1 is 1.30 bits per heavy atom. The van der Waals surface area contributed by atoms with Crippen molar-refractivity contribution in [2.24, 2.45) is 5.92 Å². The summed E-state index contributed by atoms with van der Waals surface area (Å²) in [4.78, 5) is 18.6. The number of amides is 1. The zero-order chi connectivity index (χ0) is 13.9. The second-order valence-corrected chi connectivity index (χ2v) is 5.50. The quantitative estimate of drug-likeness (QED) is 0.840. The first-order chi connectivity index (χ1) is 9.74. The van der Waals surface area contributed by atoms with Crippen LogP contribution in [0.15, 0.2) is 42.9 Å². The minimum Gasteiger partial charge on any atom is -0.337 e. The van der Waals surface area contributed by atoms with E-state index in [1.54, 1.807) is 6.33 Å². The number of imidazole rings is 1. The molecule has 4 heteroatoms. The summed E-state index contributed by atoms with van der Waals surface area (Å²) in [6.07, 6.45) is 5.82. The van der Waals surface area contributed by atoms with Crippen molar-refractivity contribution in [3.63, 3.8) is 0 Å². The first kappa shape index (κ1) is 12.9. The number of hydrogen-bond donors (Lipinski definition) is 0. The topological polar surface area (TPSA) is 38.1 Å². The van der Waals surface area contributed by atoms with E-state index in [9.17, 15) is 4.79 Å². The largest absolute Gasteiger partial charge is 0.337 e. The van der Waals surface area contributed by atoms with Gasteiger partial charge in [0, 0.05) is 25.0 Å². The number of aromatic nitrogens is 2. The Bertz CT molecular complexity index is 591. The molecule has 2 heterocycles. The third-order valence-electron chi connectivity index (χ3n) is 3.80. The molecule has 2 aromatic rings. The zero-order valence-corrected chi connectivity index (χ0v) is 11.7. The van der Waals surface area contributed by atoms with Crippen LogP contribution in [0.2, 0.25) is 0 Å². The molecular weight excluding hydrogens is 250 g/mol. The first-order valence-corrected chi connectivity index (χ1v) is 7.13. The fraction of sp³-hybridized carbons (Fsp3) is 0.375. The second kappa shape index (κ2) is 5.49. The maximum atomic E-state index is 12.4. The summed E-state index contributed by atoms with van der Waals surface area (Å²) in [5.74, 6) is 0.634. The van der Waals surface area contributed by atoms with Crippen LogP contribution in [0.1, 0.15) is 30.3 Å². The maximum Gasteiger partial charge on any atom is 0.274 e. The maximum absolute atomic E-state index is 12.4. The summed E-state index contributed by atoms with van der Waals surface area (Å²) >= 11 is 0. The van der Waals surface area contributed by atoms with Crippen LogP contribution in [-0.4, -0.2) is 33.4 Å². The van der Waals surface area contributed by atoms with E-state index >= 15 is 0 Å². The van der Waals surface area contributed by atoms with Crippen molar-refractivity contribution in [1.29, 1.82) is 0 Å². The number of hydrogen-bond acceptors (Lipinski definition) is 2. The van der Waals surface area contributed by atoms with Gasteiger partial charge in [-0.05, 0) is 30.9 Å². The van der Waals surface area contributed by atoms with E-state index in [0.29, 0.717) is 11.6 Å². The molecule has 1 saturated heterocycles. The molecule has 1 unspecified atom stereocenters. The molecule has 1 aliphatic heterocycles. The van der Waals surface area contributed by atoms with Gasteiger partial charge < -0.3 is 9.47 Å². The SMILES string of the molecule is CC1CCCN(C(=O)c2cn(-c3ccccc3)cn2)C1. The lowest BCUT2D eigenvalue weighted by molar-refractivity contribution is 0.0677. The fourth-order valence-electron chi connectivity index (χ4n) is 2.71. The Morgan fingerprint density at radius 3 is 2.85 bits per heavy atom. The van der Waals surface area contributed by atoms with E-state index in [1.807, 2.05) is 46.0 Å². The average Bonchev–Trinajstić information content (AvgIpc) is 2.97. The smallest absolute Gasteiger partial charge is 0.274 e. The molecular formula is C16H19N3O. The van der Waals surface area contributed by atoms with Crippen molar-refractivity contribution in [2.75, 3.05) is 13.1 Å². The zero-order valence-electron chi connectivity index (χ0n) is 11.7. The molecule has 104 valence electrons. The Morgan fingerprint density at radius 2 is 2.10 bits per heavy atom. The van der Waals surface area contributed by atoms with Crippen LogP contribution in [0.3, 0.4) is 0 Å². The summed E-state index contributed by atoms with van der Waals surface area (Å²) in [5, 5.41) is 0. The highest BCUT2D eigenvalue weighted by Crippen LogP contribution is 2.18. The van der Waals surface area contributed by atoms with E-state index in [-0.39, 0.29) is 5.91 Å². The Balaban J connectivity index is 1.78. The van der Waals surface area contributed by atoms with Gasteiger partial charge in [-0.1, -0.05) is 25.1 Å². The monoisotopic (exact) mass is 269 g/mol. The van der Waals surface area contributed by atoms with Gasteiger partial charge in [-0.2, -0.15) is 0 Å². The van der Waals surface area contributed by atoms with Crippen molar-refractivity contribution in [3.05, 3.63) is 48.5 Å². The molecule has 1 aromatic heterocycles. The summed E-state index contributed by atoms with van der Waals surface area (Å²) in [7, 11) is 0. The third kappa shape index (κ3) is 2.59. The number of rotatable bonds is 2. The molecule has 1 fully saturated rings. The van der Waals surface area contributed by atoms with Crippen LogP contribution in [0.5, 0.6) is 0 Å². The molecule has 0 radical (unpaired) electrons. The van der Waals surface area contributed by atoms with Gasteiger partial charge in [-0.3, -0.25) is 4.79 Å². The van der Waals surface area contributed by atoms with E-state index < -0.39 is 0 Å². The molecule has 4 nitrogen and oxygen atoms in total. The third-order valence-corrected chi connectivity index (χ3v) is 3.80. The molecule has 1 aromatic carbocycles. The van der Waals surface area contributed by atoms with E-state index in [1.165, 1.54) is 6.42 Å². The number of piperidine rings is 1. The number of para-hydroxylation sites is 1. The normalized spacial score (nSPS) is 19.1. The van der Waals surface area contributed by atoms with Crippen molar-refractivity contribution in [2.45, 2.75) is 19.8 Å². The minimum absolute atomic E-state index is 0.0474. The van der Waals surface area contributed by atoms with Crippen LogP contribution >= 0.6 is 0 Å². The first-order valence-electron chi connectivity index (χ1n) is 7.13. The van der Waals surface area contributed by atoms with E-state index in [4.69, 9.17) is 0 Å². The molecule has 0 spiro atoms. The summed E-state index contributed by atoms with van der Waals surface area (Å²) in [6, 6.07) is 9.92. The minimum atomic E-state index is 0.0474. The van der Waals surface area contributed by atoms with Crippen molar-refractivity contribution < 1.29 is 4.79 Å². The van der Waals surface area contributed by atoms with Gasteiger partial charge in [0.05, 0.1) is 0 Å². The average molecular weight is 269 g/mol. The van der Waals surface area contributed by atoms with Crippen LogP contribution in [0.25, 0.3) is 5.69 Å². The highest BCUT2D eigenvalue weighted by Gasteiger charge is 2.23. The molecule has 1 amide bonds. The molecule has 0 bridgehead atoms. The van der Waals surface area contributed by atoms with Crippen molar-refractivity contribution in [3.8, 4) is 5.69 Å². The van der Waals surface area contributed by atoms with Crippen LogP contribution in [-0.2, 0) is 0 Å². The number of carbonyl (C=O) groups excluding carboxylic acids is 1. The highest BCUT2D eigenvalue weighted by atomic mass is 16.2. The Kier molecular flexibility index (Phi) is 3.54. The van der Waals surface area contributed by atoms with E-state index in [2.05, 4.69) is 11.9 Å². The lowest BCUT2D eigenvalue weighted by atomic mass is 10.0. The number of likely N-dealkylation sites (tertiary alicyclic amines) is 1. The predicted molar refractivity (Wildman–Crippen MR) is 77.9 cm³/mol. The molecule has 0 N–H and O–H groups in total. The van der Waals surface area contributed by atoms with Gasteiger partial charge in [0.25, 0.3) is 5.91 Å². The molecule has 3 rings (SSSR count). The summed E-state index contributed by atoms with van der Waals surface area (Å²) in [6.45, 7) is 3.89. The molecule has 0 aliphatic carbocycles. The van der Waals surface area contributed by atoms with Gasteiger partial charge >= 0.3 is 0 Å². The number of carbonyl (C=O) groups is 1. The second-order valence-electron chi connectivity index (χ2n) is 5.50. The fourth-order valence-corrected chi connectivity index (χ4v) is 2.71. The van der Waals surface area contributed by atoms with Crippen LogP contribution in [0, 0.1) is 5.92 Å². The molecule has 0 saturated carbocycles. The standard InChI is InChI=1S/C16H19N3O/c1-13-6-5-9-18(10-13)16(20)15-11-19(12-17-15)14-7-3-2-4-8-14/h2-4,7-8,11-13H,5-6,9-10H2,1H3. The van der Waals surface area contributed by atoms with Gasteiger partial charge in [-0.15, -0.1) is 0 Å². The lowest BCUT2D eigenvalue weighted by Crippen LogP contribution is -2.39. The van der Waals surface area contributed by atoms with Gasteiger partial charge in [0.15, 0.2) is 0 Å². The van der Waals surface area contributed by atoms with Crippen molar-refractivity contribution in [1.82, 2.24) is 14.5 Å². The Hall–Kier alpha value is -2.10. The van der Waals surface area contributed by atoms with Gasteiger partial charge in [-0.25, -0.2) is 4.98 Å². The Labute approximate surface area is 119 Å². The summed E-state index contributed by atoms with van der Waals surface area (Å²) < 4.78 is 1.89. The van der Waals surface area contributed by atoms with Crippen LogP contribution < -0.4 is 0 Å². The van der Waals surface area contributed by atoms with Gasteiger partial charge in [0.2, 0.25) is 0 Å². The van der Waals surface area contributed by atoms with Crippen LogP contribution in [0.4, 0.5) is 0 Å².